The van der Waals surface area contributed by atoms with Gasteiger partial charge in [-0.1, -0.05) is 31.2 Å². The summed E-state index contributed by atoms with van der Waals surface area (Å²) in [6.45, 7) is -0.244. The summed E-state index contributed by atoms with van der Waals surface area (Å²) in [5.41, 5.74) is 1.51. The maximum atomic E-state index is 12.4. The lowest BCUT2D eigenvalue weighted by molar-refractivity contribution is -0.152. The van der Waals surface area contributed by atoms with Crippen LogP contribution in [0, 0.1) is 0 Å². The molecule has 7 nitrogen and oxygen atoms in total. The van der Waals surface area contributed by atoms with Crippen LogP contribution in [-0.4, -0.2) is 37.0 Å². The Morgan fingerprint density at radius 2 is 1.70 bits per heavy atom. The second-order valence-electron chi connectivity index (χ2n) is 6.23. The molecule has 0 unspecified atom stereocenters. The summed E-state index contributed by atoms with van der Waals surface area (Å²) in [7, 11) is 0. The largest absolute Gasteiger partial charge is 0.451 e. The molecule has 0 aliphatic heterocycles. The Labute approximate surface area is 172 Å². The van der Waals surface area contributed by atoms with Crippen LogP contribution in [-0.2, 0) is 20.7 Å². The van der Waals surface area contributed by atoms with Gasteiger partial charge >= 0.3 is 12.6 Å². The topological polar surface area (TPSA) is 93.7 Å². The van der Waals surface area contributed by atoms with Gasteiger partial charge in [-0.15, -0.1) is 0 Å². The average Bonchev–Trinajstić information content (AvgIpc) is 2.72. The quantitative estimate of drug-likeness (QED) is 0.608. The first kappa shape index (κ1) is 22.8. The molecule has 0 aromatic heterocycles. The third kappa shape index (κ3) is 6.84. The average molecular weight is 420 g/mol. The van der Waals surface area contributed by atoms with Gasteiger partial charge in [0.25, 0.3) is 11.8 Å². The Kier molecular flexibility index (Phi) is 8.28. The fourth-order valence-corrected chi connectivity index (χ4v) is 2.46. The van der Waals surface area contributed by atoms with Crippen molar-refractivity contribution in [2.75, 3.05) is 11.9 Å². The number of hydrogen-bond donors (Lipinski definition) is 2. The van der Waals surface area contributed by atoms with Gasteiger partial charge in [-0.05, 0) is 43.2 Å². The minimum Gasteiger partial charge on any atom is -0.451 e. The number of rotatable bonds is 9. The second kappa shape index (κ2) is 10.9. The number of ether oxygens (including phenoxy) is 2. The van der Waals surface area contributed by atoms with Crippen LogP contribution in [0.1, 0.15) is 29.8 Å². The Morgan fingerprint density at radius 1 is 1.03 bits per heavy atom. The van der Waals surface area contributed by atoms with Gasteiger partial charge in [0.2, 0.25) is 0 Å². The first-order chi connectivity index (χ1) is 14.3. The van der Waals surface area contributed by atoms with E-state index in [0.717, 1.165) is 12.0 Å². The maximum Gasteiger partial charge on any atom is 0.387 e. The third-order valence-corrected chi connectivity index (χ3v) is 4.05. The zero-order valence-corrected chi connectivity index (χ0v) is 16.5. The molecule has 2 N–H and O–H groups in total. The van der Waals surface area contributed by atoms with Crippen LogP contribution in [0.5, 0.6) is 5.75 Å². The number of halogens is 2. The highest BCUT2D eigenvalue weighted by molar-refractivity contribution is 5.99. The van der Waals surface area contributed by atoms with Gasteiger partial charge in [0.1, 0.15) is 12.3 Å². The van der Waals surface area contributed by atoms with Crippen molar-refractivity contribution >= 4 is 23.5 Å². The Balaban J connectivity index is 1.84. The normalized spacial score (nSPS) is 11.5. The minimum atomic E-state index is -3.10. The summed E-state index contributed by atoms with van der Waals surface area (Å²) >= 11 is 0. The van der Waals surface area contributed by atoms with E-state index in [1.165, 1.54) is 31.2 Å². The number of amides is 2. The van der Waals surface area contributed by atoms with Crippen LogP contribution in [0.25, 0.3) is 0 Å². The molecule has 0 aliphatic carbocycles. The van der Waals surface area contributed by atoms with Crippen molar-refractivity contribution in [1.82, 2.24) is 5.32 Å². The molecule has 9 heteroatoms. The van der Waals surface area contributed by atoms with E-state index in [-0.39, 0.29) is 11.3 Å². The predicted octanol–water partition coefficient (Wildman–Crippen LogP) is 3.15. The molecule has 2 amide bonds. The number of hydrogen-bond acceptors (Lipinski definition) is 5. The predicted molar refractivity (Wildman–Crippen MR) is 105 cm³/mol. The molecule has 160 valence electrons. The first-order valence-corrected chi connectivity index (χ1v) is 9.21. The van der Waals surface area contributed by atoms with Crippen LogP contribution in [0.15, 0.2) is 48.5 Å². The van der Waals surface area contributed by atoms with Crippen molar-refractivity contribution in [3.05, 3.63) is 59.7 Å². The molecule has 0 saturated heterocycles. The highest BCUT2D eigenvalue weighted by atomic mass is 19.3. The molecule has 2 aromatic carbocycles. The zero-order valence-electron chi connectivity index (χ0n) is 16.5. The summed E-state index contributed by atoms with van der Waals surface area (Å²) < 4.78 is 34.1. The third-order valence-electron chi connectivity index (χ3n) is 4.05. The summed E-state index contributed by atoms with van der Waals surface area (Å²) in [4.78, 5) is 36.2. The number of carbonyl (C=O) groups is 3. The van der Waals surface area contributed by atoms with Crippen molar-refractivity contribution in [3.8, 4) is 5.75 Å². The number of alkyl halides is 2. The molecular weight excluding hydrogens is 398 g/mol. The van der Waals surface area contributed by atoms with Crippen LogP contribution >= 0.6 is 0 Å². The monoisotopic (exact) mass is 420 g/mol. The molecule has 0 fully saturated rings. The lowest BCUT2D eigenvalue weighted by Gasteiger charge is -2.14. The zero-order chi connectivity index (χ0) is 22.1. The number of benzene rings is 2. The van der Waals surface area contributed by atoms with E-state index in [1.54, 1.807) is 12.1 Å². The summed E-state index contributed by atoms with van der Waals surface area (Å²) in [5, 5.41) is 4.87. The molecule has 0 spiro atoms. The molecule has 30 heavy (non-hydrogen) atoms. The Morgan fingerprint density at radius 3 is 2.33 bits per heavy atom. The SMILES string of the molecule is CCc1ccc(NC(=O)[C@H](C)OC(=O)CNC(=O)c2ccccc2OC(F)F)cc1. The van der Waals surface area contributed by atoms with Crippen LogP contribution in [0.3, 0.4) is 0 Å². The van der Waals surface area contributed by atoms with E-state index in [9.17, 15) is 23.2 Å². The number of para-hydroxylation sites is 1. The Bertz CT molecular complexity index is 887. The molecular formula is C21H22F2N2O5. The van der Waals surface area contributed by atoms with Crippen LogP contribution in [0.4, 0.5) is 14.5 Å². The molecule has 0 bridgehead atoms. The minimum absolute atomic E-state index is 0.160. The molecule has 2 rings (SSSR count). The van der Waals surface area contributed by atoms with Gasteiger partial charge < -0.3 is 20.1 Å². The molecule has 0 aliphatic rings. The van der Waals surface area contributed by atoms with Crippen molar-refractivity contribution < 1.29 is 32.6 Å². The Hall–Kier alpha value is -3.49. The standard InChI is InChI=1S/C21H22F2N2O5/c1-3-14-8-10-15(11-9-14)25-19(27)13(2)29-18(26)12-24-20(28)16-6-4-5-7-17(16)30-21(22)23/h4-11,13,21H,3,12H2,1-2H3,(H,24,28)(H,25,27)/t13-/m0/s1. The van der Waals surface area contributed by atoms with Crippen LogP contribution in [0.2, 0.25) is 0 Å². The van der Waals surface area contributed by atoms with Gasteiger partial charge in [0.05, 0.1) is 5.56 Å². The highest BCUT2D eigenvalue weighted by Crippen LogP contribution is 2.20. The first-order valence-electron chi connectivity index (χ1n) is 9.21. The molecule has 2 aromatic rings. The van der Waals surface area contributed by atoms with Gasteiger partial charge in [-0.25, -0.2) is 0 Å². The summed E-state index contributed by atoms with van der Waals surface area (Å²) in [6.07, 6.45) is -0.234. The van der Waals surface area contributed by atoms with Crippen molar-refractivity contribution in [3.63, 3.8) is 0 Å². The number of anilines is 1. The second-order valence-corrected chi connectivity index (χ2v) is 6.23. The highest BCUT2D eigenvalue weighted by Gasteiger charge is 2.20. The number of nitrogens with one attached hydrogen (secondary N) is 2. The van der Waals surface area contributed by atoms with Crippen LogP contribution < -0.4 is 15.4 Å². The molecule has 0 heterocycles. The molecule has 0 radical (unpaired) electrons. The van der Waals surface area contributed by atoms with E-state index in [4.69, 9.17) is 4.74 Å². The van der Waals surface area contributed by atoms with Crippen molar-refractivity contribution in [2.24, 2.45) is 0 Å². The van der Waals surface area contributed by atoms with Gasteiger partial charge in [0, 0.05) is 5.69 Å². The summed E-state index contributed by atoms with van der Waals surface area (Å²) in [5.74, 6) is -2.51. The molecule has 0 saturated carbocycles. The number of esters is 1. The van der Waals surface area contributed by atoms with Gasteiger partial charge in [-0.2, -0.15) is 8.78 Å². The van der Waals surface area contributed by atoms with E-state index >= 15 is 0 Å². The van der Waals surface area contributed by atoms with Crippen molar-refractivity contribution in [2.45, 2.75) is 33.0 Å². The van der Waals surface area contributed by atoms with E-state index < -0.39 is 37.0 Å². The van der Waals surface area contributed by atoms with Crippen molar-refractivity contribution in [1.29, 1.82) is 0 Å². The number of carbonyl (C=O) groups excluding carboxylic acids is 3. The lowest BCUT2D eigenvalue weighted by Crippen LogP contribution is -2.36. The fraction of sp³-hybridized carbons (Fsp3) is 0.286. The lowest BCUT2D eigenvalue weighted by atomic mass is 10.1. The van der Waals surface area contributed by atoms with Gasteiger partial charge in [0.15, 0.2) is 6.10 Å². The maximum absolute atomic E-state index is 12.4. The molecule has 1 atom stereocenters. The summed E-state index contributed by atoms with van der Waals surface area (Å²) in [6, 6.07) is 12.6. The fourth-order valence-electron chi connectivity index (χ4n) is 2.46. The van der Waals surface area contributed by atoms with E-state index in [1.807, 2.05) is 19.1 Å². The smallest absolute Gasteiger partial charge is 0.387 e. The van der Waals surface area contributed by atoms with E-state index in [0.29, 0.717) is 5.69 Å². The van der Waals surface area contributed by atoms with Gasteiger partial charge in [-0.3, -0.25) is 14.4 Å². The number of aryl methyl sites for hydroxylation is 1. The van der Waals surface area contributed by atoms with E-state index in [2.05, 4.69) is 15.4 Å².